The molecule has 10 nitrogen and oxygen atoms in total. The summed E-state index contributed by atoms with van der Waals surface area (Å²) < 4.78 is 25.5. The van der Waals surface area contributed by atoms with Crippen molar-refractivity contribution in [1.82, 2.24) is 15.5 Å². The maximum absolute atomic E-state index is 15.0. The van der Waals surface area contributed by atoms with E-state index in [0.717, 1.165) is 5.56 Å². The Labute approximate surface area is 235 Å². The molecular weight excluding hydrogens is 531 g/mol. The normalized spacial score (nSPS) is 11.9. The third-order valence-corrected chi connectivity index (χ3v) is 5.83. The van der Waals surface area contributed by atoms with Crippen molar-refractivity contribution in [3.63, 3.8) is 0 Å². The lowest BCUT2D eigenvalue weighted by Crippen LogP contribution is -2.42. The molecule has 2 amide bonds. The Hall–Kier alpha value is -5.06. The molecule has 0 spiro atoms. The number of carboxylic acid groups (broad SMARTS) is 1. The van der Waals surface area contributed by atoms with Crippen molar-refractivity contribution >= 4 is 23.7 Å². The van der Waals surface area contributed by atoms with E-state index in [1.807, 2.05) is 31.2 Å². The molecule has 41 heavy (non-hydrogen) atoms. The number of amides is 2. The molecule has 0 aliphatic rings. The number of aromatic nitrogens is 2. The number of carbonyl (C=O) groups is 3. The fourth-order valence-corrected chi connectivity index (χ4v) is 3.82. The van der Waals surface area contributed by atoms with Gasteiger partial charge in [0.1, 0.15) is 17.5 Å². The van der Waals surface area contributed by atoms with Crippen LogP contribution in [0.2, 0.25) is 0 Å². The van der Waals surface area contributed by atoms with E-state index < -0.39 is 35.4 Å². The summed E-state index contributed by atoms with van der Waals surface area (Å²) in [5, 5.41) is 18.6. The highest BCUT2D eigenvalue weighted by molar-refractivity contribution is 5.97. The fourth-order valence-electron chi connectivity index (χ4n) is 3.82. The van der Waals surface area contributed by atoms with Crippen molar-refractivity contribution in [1.29, 1.82) is 0 Å². The van der Waals surface area contributed by atoms with Gasteiger partial charge in [-0.3, -0.25) is 10.1 Å². The van der Waals surface area contributed by atoms with Crippen LogP contribution in [-0.4, -0.2) is 44.9 Å². The van der Waals surface area contributed by atoms with E-state index >= 15 is 4.39 Å². The molecule has 0 aliphatic heterocycles. The van der Waals surface area contributed by atoms with Crippen LogP contribution in [0.3, 0.4) is 0 Å². The molecule has 0 saturated carbocycles. The average Bonchev–Trinajstić information content (AvgIpc) is 3.38. The largest absolute Gasteiger partial charge is 0.480 e. The molecule has 0 fully saturated rings. The molecule has 1 atom stereocenters. The number of benzene rings is 3. The van der Waals surface area contributed by atoms with E-state index in [4.69, 9.17) is 9.26 Å². The van der Waals surface area contributed by atoms with Gasteiger partial charge in [0.25, 0.3) is 11.8 Å². The van der Waals surface area contributed by atoms with Crippen LogP contribution in [-0.2, 0) is 16.0 Å². The van der Waals surface area contributed by atoms with E-state index in [1.165, 1.54) is 36.4 Å². The van der Waals surface area contributed by atoms with Gasteiger partial charge < -0.3 is 19.7 Å². The summed E-state index contributed by atoms with van der Waals surface area (Å²) in [6.45, 7) is 7.15. The van der Waals surface area contributed by atoms with Gasteiger partial charge in [-0.25, -0.2) is 14.0 Å². The van der Waals surface area contributed by atoms with Crippen LogP contribution in [0, 0.1) is 12.7 Å². The minimum absolute atomic E-state index is 0.0531. The van der Waals surface area contributed by atoms with Crippen molar-refractivity contribution in [2.45, 2.75) is 45.8 Å². The lowest BCUT2D eigenvalue weighted by molar-refractivity contribution is -0.139. The van der Waals surface area contributed by atoms with Gasteiger partial charge >= 0.3 is 12.1 Å². The Bertz CT molecular complexity index is 1560. The second-order valence-corrected chi connectivity index (χ2v) is 10.4. The van der Waals surface area contributed by atoms with Gasteiger partial charge in [-0.1, -0.05) is 28.9 Å². The minimum Gasteiger partial charge on any atom is -0.480 e. The molecule has 3 N–H and O–H groups in total. The van der Waals surface area contributed by atoms with E-state index in [0.29, 0.717) is 16.8 Å². The zero-order valence-electron chi connectivity index (χ0n) is 22.9. The number of aliphatic carboxylic acids is 1. The quantitative estimate of drug-likeness (QED) is 0.252. The summed E-state index contributed by atoms with van der Waals surface area (Å²) >= 11 is 0. The highest BCUT2D eigenvalue weighted by atomic mass is 19.1. The molecule has 11 heteroatoms. The Morgan fingerprint density at radius 1 is 1.02 bits per heavy atom. The molecule has 0 radical (unpaired) electrons. The van der Waals surface area contributed by atoms with E-state index in [9.17, 15) is 19.5 Å². The van der Waals surface area contributed by atoms with Crippen LogP contribution in [0.4, 0.5) is 14.9 Å². The third kappa shape index (κ3) is 7.75. The minimum atomic E-state index is -1.33. The first-order valence-corrected chi connectivity index (χ1v) is 12.7. The molecule has 1 unspecified atom stereocenters. The topological polar surface area (TPSA) is 144 Å². The van der Waals surface area contributed by atoms with Gasteiger partial charge in [0, 0.05) is 23.2 Å². The maximum atomic E-state index is 15.0. The predicted molar refractivity (Wildman–Crippen MR) is 149 cm³/mol. The van der Waals surface area contributed by atoms with Crippen molar-refractivity contribution in [2.75, 3.05) is 5.32 Å². The van der Waals surface area contributed by atoms with Gasteiger partial charge in [-0.2, -0.15) is 4.98 Å². The summed E-state index contributed by atoms with van der Waals surface area (Å²) in [4.78, 5) is 40.8. The Balaban J connectivity index is 1.41. The SMILES string of the molecule is Cc1ccc(-c2nc(-c3ccc(CC(NC(=O)c4ccc(NC(=O)OC(C)(C)C)cc4)C(=O)O)cc3F)no2)cc1. The van der Waals surface area contributed by atoms with Crippen molar-refractivity contribution < 1.29 is 33.1 Å². The number of halogens is 1. The molecule has 4 rings (SSSR count). The van der Waals surface area contributed by atoms with Gasteiger partial charge in [0.15, 0.2) is 0 Å². The number of nitrogens with zero attached hydrogens (tertiary/aromatic N) is 2. The van der Waals surface area contributed by atoms with Crippen molar-refractivity contribution in [3.05, 3.63) is 89.2 Å². The zero-order chi connectivity index (χ0) is 29.7. The Morgan fingerprint density at radius 2 is 1.71 bits per heavy atom. The fraction of sp³-hybridized carbons (Fsp3) is 0.233. The monoisotopic (exact) mass is 560 g/mol. The smallest absolute Gasteiger partial charge is 0.412 e. The van der Waals surface area contributed by atoms with Gasteiger partial charge in [0.05, 0.1) is 5.56 Å². The molecule has 3 aromatic carbocycles. The second-order valence-electron chi connectivity index (χ2n) is 10.4. The average molecular weight is 561 g/mol. The summed E-state index contributed by atoms with van der Waals surface area (Å²) in [5.41, 5.74) is 2.10. The number of hydrogen-bond donors (Lipinski definition) is 3. The molecule has 0 saturated heterocycles. The maximum Gasteiger partial charge on any atom is 0.412 e. The summed E-state index contributed by atoms with van der Waals surface area (Å²) in [6, 6.07) is 16.1. The molecular formula is C30H29FN4O6. The number of aryl methyl sites for hydroxylation is 1. The van der Waals surface area contributed by atoms with Crippen LogP contribution >= 0.6 is 0 Å². The molecule has 1 aromatic heterocycles. The van der Waals surface area contributed by atoms with E-state index in [1.54, 1.807) is 26.8 Å². The molecule has 4 aromatic rings. The summed E-state index contributed by atoms with van der Waals surface area (Å²) in [5.74, 6) is -2.30. The van der Waals surface area contributed by atoms with E-state index in [-0.39, 0.29) is 29.3 Å². The Kier molecular flexibility index (Phi) is 8.46. The van der Waals surface area contributed by atoms with Crippen molar-refractivity contribution in [3.8, 4) is 22.8 Å². The number of carboxylic acids is 1. The van der Waals surface area contributed by atoms with Gasteiger partial charge in [-0.15, -0.1) is 0 Å². The highest BCUT2D eigenvalue weighted by Gasteiger charge is 2.23. The van der Waals surface area contributed by atoms with Crippen LogP contribution in [0.25, 0.3) is 22.8 Å². The third-order valence-electron chi connectivity index (χ3n) is 5.83. The molecule has 212 valence electrons. The number of nitrogens with one attached hydrogen (secondary N) is 2. The molecule has 0 bridgehead atoms. The van der Waals surface area contributed by atoms with Gasteiger partial charge in [0.2, 0.25) is 5.82 Å². The van der Waals surface area contributed by atoms with Crippen LogP contribution in [0.1, 0.15) is 42.3 Å². The second kappa shape index (κ2) is 12.0. The standard InChI is InChI=1S/C30H29FN4O6/c1-17-5-8-20(9-6-17)27-34-25(35-41-27)22-14-7-18(15-23(22)31)16-24(28(37)38)33-26(36)19-10-12-21(13-11-19)32-29(39)40-30(2,3)4/h5-15,24H,16H2,1-4H3,(H,32,39)(H,33,36)(H,37,38). The summed E-state index contributed by atoms with van der Waals surface area (Å²) in [6.07, 6.45) is -0.817. The number of hydrogen-bond acceptors (Lipinski definition) is 7. The van der Waals surface area contributed by atoms with Crippen LogP contribution < -0.4 is 10.6 Å². The first-order valence-electron chi connectivity index (χ1n) is 12.7. The molecule has 0 aliphatic carbocycles. The number of rotatable bonds is 8. The van der Waals surface area contributed by atoms with Crippen molar-refractivity contribution in [2.24, 2.45) is 0 Å². The number of anilines is 1. The number of ether oxygens (including phenoxy) is 1. The lowest BCUT2D eigenvalue weighted by Gasteiger charge is -2.19. The van der Waals surface area contributed by atoms with Crippen LogP contribution in [0.5, 0.6) is 0 Å². The Morgan fingerprint density at radius 3 is 2.32 bits per heavy atom. The first kappa shape index (κ1) is 28.9. The van der Waals surface area contributed by atoms with Crippen LogP contribution in [0.15, 0.2) is 71.3 Å². The number of carbonyl (C=O) groups excluding carboxylic acids is 2. The molecule has 1 heterocycles. The predicted octanol–water partition coefficient (Wildman–Crippen LogP) is 5.62. The zero-order valence-corrected chi connectivity index (χ0v) is 22.9. The first-order chi connectivity index (χ1) is 19.4. The van der Waals surface area contributed by atoms with E-state index in [2.05, 4.69) is 20.8 Å². The lowest BCUT2D eigenvalue weighted by atomic mass is 10.0. The summed E-state index contributed by atoms with van der Waals surface area (Å²) in [7, 11) is 0. The van der Waals surface area contributed by atoms with Gasteiger partial charge in [-0.05, 0) is 81.8 Å². The highest BCUT2D eigenvalue weighted by Crippen LogP contribution is 2.25.